The van der Waals surface area contributed by atoms with E-state index in [-0.39, 0.29) is 22.9 Å². The number of ether oxygens (including phenoxy) is 1. The van der Waals surface area contributed by atoms with Crippen LogP contribution in [0.2, 0.25) is 5.02 Å². The molecule has 3 rings (SSSR count). The Balaban J connectivity index is 1.78. The molecule has 3 aromatic carbocycles. The molecule has 0 aromatic heterocycles. The molecule has 1 amide bonds. The molecule has 156 valence electrons. The number of hydrogen-bond donors (Lipinski definition) is 2. The molecule has 0 unspecified atom stereocenters. The predicted molar refractivity (Wildman–Crippen MR) is 118 cm³/mol. The van der Waals surface area contributed by atoms with Crippen LogP contribution >= 0.6 is 11.6 Å². The standard InChI is InChI=1S/C22H21ClN2O4S/c1-15-6-11-20(30(27,28)25-18-7-9-19(29-2)10-8-18)13-21(15)22(26)24-14-16-4-3-5-17(23)12-16/h3-13,25H,14H2,1-2H3,(H,24,26). The third-order valence-corrected chi connectivity index (χ3v) is 6.06. The van der Waals surface area contributed by atoms with Gasteiger partial charge in [0, 0.05) is 22.8 Å². The lowest BCUT2D eigenvalue weighted by molar-refractivity contribution is 0.0950. The average molecular weight is 445 g/mol. The number of rotatable bonds is 7. The summed E-state index contributed by atoms with van der Waals surface area (Å²) < 4.78 is 33.1. The minimum absolute atomic E-state index is 0.00294. The van der Waals surface area contributed by atoms with E-state index in [2.05, 4.69) is 10.0 Å². The molecule has 0 saturated heterocycles. The summed E-state index contributed by atoms with van der Waals surface area (Å²) in [6, 6.07) is 18.1. The monoisotopic (exact) mass is 444 g/mol. The topological polar surface area (TPSA) is 84.5 Å². The van der Waals surface area contributed by atoms with E-state index in [1.807, 2.05) is 6.07 Å². The van der Waals surface area contributed by atoms with Crippen molar-refractivity contribution in [3.8, 4) is 5.75 Å². The van der Waals surface area contributed by atoms with Gasteiger partial charge in [0.1, 0.15) is 5.75 Å². The van der Waals surface area contributed by atoms with Gasteiger partial charge < -0.3 is 10.1 Å². The summed E-state index contributed by atoms with van der Waals surface area (Å²) in [5.41, 5.74) is 2.19. The summed E-state index contributed by atoms with van der Waals surface area (Å²) in [5.74, 6) is 0.251. The van der Waals surface area contributed by atoms with Crippen LogP contribution in [-0.4, -0.2) is 21.4 Å². The Labute approximate surface area is 180 Å². The SMILES string of the molecule is COc1ccc(NS(=O)(=O)c2ccc(C)c(C(=O)NCc3cccc(Cl)c3)c2)cc1. The van der Waals surface area contributed by atoms with Crippen molar-refractivity contribution < 1.29 is 17.9 Å². The third-order valence-electron chi connectivity index (χ3n) is 4.45. The molecule has 3 aromatic rings. The Morgan fingerprint density at radius 3 is 2.43 bits per heavy atom. The molecule has 0 saturated carbocycles. The molecule has 0 bridgehead atoms. The number of hydrogen-bond acceptors (Lipinski definition) is 4. The fourth-order valence-electron chi connectivity index (χ4n) is 2.81. The van der Waals surface area contributed by atoms with Gasteiger partial charge in [0.25, 0.3) is 15.9 Å². The molecule has 8 heteroatoms. The highest BCUT2D eigenvalue weighted by molar-refractivity contribution is 7.92. The van der Waals surface area contributed by atoms with Crippen molar-refractivity contribution >= 4 is 33.2 Å². The molecule has 2 N–H and O–H groups in total. The molecular weight excluding hydrogens is 424 g/mol. The van der Waals surface area contributed by atoms with Crippen LogP contribution in [0.25, 0.3) is 0 Å². The van der Waals surface area contributed by atoms with E-state index in [4.69, 9.17) is 16.3 Å². The molecular formula is C22H21ClN2O4S. The largest absolute Gasteiger partial charge is 0.497 e. The van der Waals surface area contributed by atoms with Gasteiger partial charge in [0.05, 0.1) is 12.0 Å². The van der Waals surface area contributed by atoms with Gasteiger partial charge in [-0.1, -0.05) is 29.8 Å². The second-order valence-electron chi connectivity index (χ2n) is 6.62. The van der Waals surface area contributed by atoms with Crippen molar-refractivity contribution in [2.24, 2.45) is 0 Å². The smallest absolute Gasteiger partial charge is 0.261 e. The first-order valence-corrected chi connectivity index (χ1v) is 10.9. The van der Waals surface area contributed by atoms with Crippen molar-refractivity contribution in [3.05, 3.63) is 88.4 Å². The van der Waals surface area contributed by atoms with Crippen LogP contribution in [0.1, 0.15) is 21.5 Å². The van der Waals surface area contributed by atoms with Crippen LogP contribution < -0.4 is 14.8 Å². The van der Waals surface area contributed by atoms with Gasteiger partial charge in [-0.3, -0.25) is 9.52 Å². The number of sulfonamides is 1. The van der Waals surface area contributed by atoms with Gasteiger partial charge in [-0.15, -0.1) is 0 Å². The second kappa shape index (κ2) is 9.19. The van der Waals surface area contributed by atoms with Crippen molar-refractivity contribution in [1.29, 1.82) is 0 Å². The van der Waals surface area contributed by atoms with E-state index in [0.717, 1.165) is 5.56 Å². The lowest BCUT2D eigenvalue weighted by atomic mass is 10.1. The summed E-state index contributed by atoms with van der Waals surface area (Å²) in [7, 11) is -2.33. The van der Waals surface area contributed by atoms with Crippen LogP contribution in [0.5, 0.6) is 5.75 Å². The van der Waals surface area contributed by atoms with E-state index in [1.165, 1.54) is 19.2 Å². The molecule has 0 aliphatic rings. The molecule has 0 aliphatic heterocycles. The first kappa shape index (κ1) is 21.7. The third kappa shape index (κ3) is 5.31. The Morgan fingerprint density at radius 1 is 1.03 bits per heavy atom. The lowest BCUT2D eigenvalue weighted by Gasteiger charge is -2.12. The number of anilines is 1. The fraction of sp³-hybridized carbons (Fsp3) is 0.136. The maximum Gasteiger partial charge on any atom is 0.261 e. The highest BCUT2D eigenvalue weighted by atomic mass is 35.5. The molecule has 6 nitrogen and oxygen atoms in total. The van der Waals surface area contributed by atoms with Crippen molar-refractivity contribution in [1.82, 2.24) is 5.32 Å². The quantitative estimate of drug-likeness (QED) is 0.566. The highest BCUT2D eigenvalue weighted by Crippen LogP contribution is 2.21. The zero-order chi connectivity index (χ0) is 21.7. The number of carbonyl (C=O) groups is 1. The summed E-state index contributed by atoms with van der Waals surface area (Å²) in [6.07, 6.45) is 0. The van der Waals surface area contributed by atoms with Gasteiger partial charge >= 0.3 is 0 Å². The van der Waals surface area contributed by atoms with Gasteiger partial charge in [-0.2, -0.15) is 0 Å². The predicted octanol–water partition coefficient (Wildman–Crippen LogP) is 4.39. The van der Waals surface area contributed by atoms with Crippen molar-refractivity contribution in [3.63, 3.8) is 0 Å². The molecule has 0 radical (unpaired) electrons. The van der Waals surface area contributed by atoms with Crippen LogP contribution in [0, 0.1) is 6.92 Å². The normalized spacial score (nSPS) is 11.0. The van der Waals surface area contributed by atoms with E-state index in [0.29, 0.717) is 22.0 Å². The number of amides is 1. The van der Waals surface area contributed by atoms with E-state index < -0.39 is 10.0 Å². The average Bonchev–Trinajstić information content (AvgIpc) is 2.72. The number of benzene rings is 3. The van der Waals surface area contributed by atoms with Crippen LogP contribution in [0.15, 0.2) is 71.6 Å². The highest BCUT2D eigenvalue weighted by Gasteiger charge is 2.18. The minimum Gasteiger partial charge on any atom is -0.497 e. The van der Waals surface area contributed by atoms with Gasteiger partial charge in [-0.05, 0) is 66.6 Å². The number of carbonyl (C=O) groups excluding carboxylic acids is 1. The molecule has 0 heterocycles. The molecule has 30 heavy (non-hydrogen) atoms. The zero-order valence-electron chi connectivity index (χ0n) is 16.5. The van der Waals surface area contributed by atoms with E-state index in [1.54, 1.807) is 55.5 Å². The van der Waals surface area contributed by atoms with Crippen LogP contribution in [-0.2, 0) is 16.6 Å². The number of methoxy groups -OCH3 is 1. The van der Waals surface area contributed by atoms with Crippen LogP contribution in [0.4, 0.5) is 5.69 Å². The summed E-state index contributed by atoms with van der Waals surface area (Å²) in [6.45, 7) is 2.03. The van der Waals surface area contributed by atoms with Gasteiger partial charge in [0.15, 0.2) is 0 Å². The summed E-state index contributed by atoms with van der Waals surface area (Å²) >= 11 is 5.96. The van der Waals surface area contributed by atoms with E-state index in [9.17, 15) is 13.2 Å². The molecule has 0 atom stereocenters. The zero-order valence-corrected chi connectivity index (χ0v) is 18.0. The molecule has 0 aliphatic carbocycles. The number of halogens is 1. The summed E-state index contributed by atoms with van der Waals surface area (Å²) in [5, 5.41) is 3.38. The maximum atomic E-state index is 12.8. The Morgan fingerprint density at radius 2 is 1.77 bits per heavy atom. The maximum absolute atomic E-state index is 12.8. The Kier molecular flexibility index (Phi) is 6.64. The number of aryl methyl sites for hydroxylation is 1. The first-order chi connectivity index (χ1) is 14.3. The van der Waals surface area contributed by atoms with Crippen molar-refractivity contribution in [2.45, 2.75) is 18.4 Å². The van der Waals surface area contributed by atoms with Crippen LogP contribution in [0.3, 0.4) is 0 Å². The molecule has 0 fully saturated rings. The van der Waals surface area contributed by atoms with E-state index >= 15 is 0 Å². The first-order valence-electron chi connectivity index (χ1n) is 9.08. The van der Waals surface area contributed by atoms with Gasteiger partial charge in [0.2, 0.25) is 0 Å². The lowest BCUT2D eigenvalue weighted by Crippen LogP contribution is -2.24. The van der Waals surface area contributed by atoms with Crippen molar-refractivity contribution in [2.75, 3.05) is 11.8 Å². The second-order valence-corrected chi connectivity index (χ2v) is 8.74. The Bertz CT molecular complexity index is 1160. The molecule has 0 spiro atoms. The fourth-order valence-corrected chi connectivity index (χ4v) is 4.11. The Hall–Kier alpha value is -3.03. The van der Waals surface area contributed by atoms with Gasteiger partial charge in [-0.25, -0.2) is 8.42 Å². The summed E-state index contributed by atoms with van der Waals surface area (Å²) in [4.78, 5) is 12.7. The minimum atomic E-state index is -3.87. The number of nitrogens with one attached hydrogen (secondary N) is 2.